The van der Waals surface area contributed by atoms with Crippen molar-refractivity contribution in [1.82, 2.24) is 14.8 Å². The van der Waals surface area contributed by atoms with Gasteiger partial charge < -0.3 is 15.5 Å². The second-order valence-corrected chi connectivity index (χ2v) is 5.90. The molecule has 0 atom stereocenters. The topological polar surface area (TPSA) is 72.5 Å². The molecule has 6 nitrogen and oxygen atoms in total. The van der Waals surface area contributed by atoms with Crippen LogP contribution in [0.3, 0.4) is 0 Å². The molecule has 0 amide bonds. The number of rotatable bonds is 5. The van der Waals surface area contributed by atoms with Gasteiger partial charge in [-0.15, -0.1) is 0 Å². The van der Waals surface area contributed by atoms with E-state index < -0.39 is 0 Å². The highest BCUT2D eigenvalue weighted by Gasteiger charge is 2.18. The first-order valence-corrected chi connectivity index (χ1v) is 7.41. The first kappa shape index (κ1) is 15.7. The average Bonchev–Trinajstić information content (AvgIpc) is 2.45. The van der Waals surface area contributed by atoms with Crippen molar-refractivity contribution in [2.24, 2.45) is 5.73 Å². The van der Waals surface area contributed by atoms with Crippen LogP contribution in [0.15, 0.2) is 12.1 Å². The van der Waals surface area contributed by atoms with Gasteiger partial charge in [-0.25, -0.2) is 4.98 Å². The van der Waals surface area contributed by atoms with E-state index in [1.54, 1.807) is 0 Å². The largest absolute Gasteiger partial charge is 0.384 e. The van der Waals surface area contributed by atoms with Gasteiger partial charge in [0, 0.05) is 50.5 Å². The Balaban J connectivity index is 1.97. The number of piperazine rings is 1. The zero-order valence-corrected chi connectivity index (χ0v) is 13.3. The van der Waals surface area contributed by atoms with Crippen LogP contribution in [0, 0.1) is 12.3 Å². The van der Waals surface area contributed by atoms with Crippen LogP contribution in [0.5, 0.6) is 0 Å². The molecule has 0 radical (unpaired) electrons. The first-order valence-electron chi connectivity index (χ1n) is 7.41. The SMILES string of the molecule is Cc1cc(C(=N)N)cc(N2CCN(CCN(C)C)CC2)n1. The number of pyridine rings is 1. The lowest BCUT2D eigenvalue weighted by Gasteiger charge is -2.36. The van der Waals surface area contributed by atoms with E-state index in [4.69, 9.17) is 11.1 Å². The van der Waals surface area contributed by atoms with Crippen LogP contribution in [0.25, 0.3) is 0 Å². The van der Waals surface area contributed by atoms with Crippen molar-refractivity contribution < 1.29 is 0 Å². The third kappa shape index (κ3) is 4.41. The van der Waals surface area contributed by atoms with E-state index in [-0.39, 0.29) is 5.84 Å². The number of aromatic nitrogens is 1. The summed E-state index contributed by atoms with van der Waals surface area (Å²) in [6.07, 6.45) is 0. The van der Waals surface area contributed by atoms with Gasteiger partial charge in [0.25, 0.3) is 0 Å². The van der Waals surface area contributed by atoms with Crippen molar-refractivity contribution in [2.75, 3.05) is 58.3 Å². The van der Waals surface area contributed by atoms with Crippen LogP contribution in [-0.2, 0) is 0 Å². The number of amidine groups is 1. The fourth-order valence-corrected chi connectivity index (χ4v) is 2.51. The lowest BCUT2D eigenvalue weighted by atomic mass is 10.2. The number of likely N-dealkylation sites (N-methyl/N-ethyl adjacent to an activating group) is 1. The molecule has 21 heavy (non-hydrogen) atoms. The van der Waals surface area contributed by atoms with E-state index >= 15 is 0 Å². The van der Waals surface area contributed by atoms with Gasteiger partial charge in [-0.05, 0) is 33.2 Å². The van der Waals surface area contributed by atoms with Gasteiger partial charge in [0.05, 0.1) is 0 Å². The second-order valence-electron chi connectivity index (χ2n) is 5.90. The van der Waals surface area contributed by atoms with Gasteiger partial charge in [0.1, 0.15) is 11.7 Å². The molecule has 3 N–H and O–H groups in total. The molecule has 6 heteroatoms. The smallest absolute Gasteiger partial charge is 0.129 e. The van der Waals surface area contributed by atoms with E-state index in [2.05, 4.69) is 33.8 Å². The van der Waals surface area contributed by atoms with Crippen LogP contribution in [0.4, 0.5) is 5.82 Å². The van der Waals surface area contributed by atoms with Crippen molar-refractivity contribution in [2.45, 2.75) is 6.92 Å². The number of nitrogens with two attached hydrogens (primary N) is 1. The number of nitrogen functional groups attached to an aromatic ring is 1. The summed E-state index contributed by atoms with van der Waals surface area (Å²) in [7, 11) is 4.21. The Morgan fingerprint density at radius 1 is 1.29 bits per heavy atom. The maximum atomic E-state index is 7.59. The van der Waals surface area contributed by atoms with Crippen molar-refractivity contribution in [3.63, 3.8) is 0 Å². The lowest BCUT2D eigenvalue weighted by molar-refractivity contribution is 0.229. The molecule has 0 aromatic carbocycles. The van der Waals surface area contributed by atoms with Crippen molar-refractivity contribution in [3.8, 4) is 0 Å². The summed E-state index contributed by atoms with van der Waals surface area (Å²) < 4.78 is 0. The van der Waals surface area contributed by atoms with Crippen molar-refractivity contribution in [3.05, 3.63) is 23.4 Å². The minimum Gasteiger partial charge on any atom is -0.384 e. The second kappa shape index (κ2) is 6.87. The summed E-state index contributed by atoms with van der Waals surface area (Å²) in [4.78, 5) is 11.6. The zero-order chi connectivity index (χ0) is 15.4. The number of nitrogens with one attached hydrogen (secondary N) is 1. The van der Waals surface area contributed by atoms with Gasteiger partial charge in [0.15, 0.2) is 0 Å². The average molecular weight is 290 g/mol. The summed E-state index contributed by atoms with van der Waals surface area (Å²) in [6.45, 7) is 8.21. The number of nitrogens with zero attached hydrogens (tertiary/aromatic N) is 4. The molecular formula is C15H26N6. The Bertz CT molecular complexity index is 491. The highest BCUT2D eigenvalue weighted by atomic mass is 15.3. The van der Waals surface area contributed by atoms with Crippen LogP contribution in [0.1, 0.15) is 11.3 Å². The molecule has 1 fully saturated rings. The molecule has 1 aromatic rings. The minimum absolute atomic E-state index is 0.103. The quantitative estimate of drug-likeness (QED) is 0.605. The Labute approximate surface area is 127 Å². The van der Waals surface area contributed by atoms with Gasteiger partial charge in [0.2, 0.25) is 0 Å². The summed E-state index contributed by atoms with van der Waals surface area (Å²) in [5.41, 5.74) is 7.26. The Hall–Kier alpha value is -1.66. The van der Waals surface area contributed by atoms with E-state index in [0.29, 0.717) is 0 Å². The molecule has 0 aliphatic carbocycles. The van der Waals surface area contributed by atoms with Crippen LogP contribution < -0.4 is 10.6 Å². The summed E-state index contributed by atoms with van der Waals surface area (Å²) in [5, 5.41) is 7.59. The normalized spacial score (nSPS) is 16.5. The van der Waals surface area contributed by atoms with Crippen LogP contribution in [0.2, 0.25) is 0 Å². The monoisotopic (exact) mass is 290 g/mol. The molecule has 0 unspecified atom stereocenters. The van der Waals surface area contributed by atoms with E-state index in [1.165, 1.54) is 0 Å². The molecule has 1 aliphatic heterocycles. The third-order valence-electron chi connectivity index (χ3n) is 3.81. The summed E-state index contributed by atoms with van der Waals surface area (Å²) in [6, 6.07) is 3.78. The Kier molecular flexibility index (Phi) is 5.14. The molecule has 1 aromatic heterocycles. The molecule has 2 rings (SSSR count). The molecule has 1 aliphatic rings. The van der Waals surface area contributed by atoms with E-state index in [1.807, 2.05) is 19.1 Å². The summed E-state index contributed by atoms with van der Waals surface area (Å²) in [5.74, 6) is 1.04. The fraction of sp³-hybridized carbons (Fsp3) is 0.600. The van der Waals surface area contributed by atoms with Gasteiger partial charge in [-0.3, -0.25) is 10.3 Å². The number of hydrogen-bond donors (Lipinski definition) is 2. The van der Waals surface area contributed by atoms with Crippen molar-refractivity contribution in [1.29, 1.82) is 5.41 Å². The molecule has 0 spiro atoms. The van der Waals surface area contributed by atoms with E-state index in [9.17, 15) is 0 Å². The predicted molar refractivity (Wildman–Crippen MR) is 87.2 cm³/mol. The number of hydrogen-bond acceptors (Lipinski definition) is 5. The molecule has 0 saturated carbocycles. The molecule has 0 bridgehead atoms. The van der Waals surface area contributed by atoms with Gasteiger partial charge >= 0.3 is 0 Å². The fourth-order valence-electron chi connectivity index (χ4n) is 2.51. The summed E-state index contributed by atoms with van der Waals surface area (Å²) >= 11 is 0. The van der Waals surface area contributed by atoms with Gasteiger partial charge in [-0.1, -0.05) is 0 Å². The molecule has 116 valence electrons. The maximum Gasteiger partial charge on any atom is 0.129 e. The Morgan fingerprint density at radius 2 is 1.95 bits per heavy atom. The highest BCUT2D eigenvalue weighted by molar-refractivity contribution is 5.95. The molecule has 2 heterocycles. The number of anilines is 1. The predicted octanol–water partition coefficient (Wildman–Crippen LogP) is 0.358. The standard InChI is InChI=1S/C15H26N6/c1-12-10-13(15(16)17)11-14(18-12)21-8-6-20(7-9-21)5-4-19(2)3/h10-11H,4-9H2,1-3H3,(H3,16,17). The van der Waals surface area contributed by atoms with Crippen LogP contribution >= 0.6 is 0 Å². The maximum absolute atomic E-state index is 7.59. The first-order chi connectivity index (χ1) is 9.95. The van der Waals surface area contributed by atoms with E-state index in [0.717, 1.165) is 56.3 Å². The zero-order valence-electron chi connectivity index (χ0n) is 13.3. The lowest BCUT2D eigenvalue weighted by Crippen LogP contribution is -2.48. The van der Waals surface area contributed by atoms with Gasteiger partial charge in [-0.2, -0.15) is 0 Å². The molecular weight excluding hydrogens is 264 g/mol. The number of aryl methyl sites for hydroxylation is 1. The Morgan fingerprint density at radius 3 is 2.52 bits per heavy atom. The third-order valence-corrected chi connectivity index (χ3v) is 3.81. The van der Waals surface area contributed by atoms with Crippen molar-refractivity contribution >= 4 is 11.7 Å². The van der Waals surface area contributed by atoms with Crippen LogP contribution in [-0.4, -0.2) is 74.0 Å². The minimum atomic E-state index is 0.103. The highest BCUT2D eigenvalue weighted by Crippen LogP contribution is 2.16. The molecule has 1 saturated heterocycles.